The lowest BCUT2D eigenvalue weighted by atomic mass is 9.63. The van der Waals surface area contributed by atoms with Crippen molar-refractivity contribution in [1.82, 2.24) is 5.32 Å². The summed E-state index contributed by atoms with van der Waals surface area (Å²) in [6.07, 6.45) is 2.40. The molecule has 0 spiro atoms. The molecule has 1 aromatic rings. The molecule has 1 aliphatic rings. The molecule has 1 aromatic carbocycles. The molecule has 0 heterocycles. The van der Waals surface area contributed by atoms with E-state index in [0.717, 1.165) is 24.8 Å². The Balaban J connectivity index is 2.27. The Labute approximate surface area is 111 Å². The molecule has 2 N–H and O–H groups in total. The van der Waals surface area contributed by atoms with Gasteiger partial charge in [0.1, 0.15) is 12.3 Å². The summed E-state index contributed by atoms with van der Waals surface area (Å²) in [5.41, 5.74) is 0.203. The first kappa shape index (κ1) is 13.4. The van der Waals surface area contributed by atoms with Gasteiger partial charge in [-0.2, -0.15) is 0 Å². The molecule has 102 valence electrons. The van der Waals surface area contributed by atoms with Crippen LogP contribution in [0.5, 0.6) is 5.75 Å². The van der Waals surface area contributed by atoms with Crippen LogP contribution >= 0.6 is 0 Å². The summed E-state index contributed by atoms with van der Waals surface area (Å²) in [6.45, 7) is -0.351. The summed E-state index contributed by atoms with van der Waals surface area (Å²) in [6, 6.07) is 7.41. The molecule has 1 saturated carbocycles. The van der Waals surface area contributed by atoms with Gasteiger partial charge in [-0.1, -0.05) is 24.6 Å². The molecular weight excluding hydrogens is 246 g/mol. The Bertz CT molecular complexity index is 494. The fourth-order valence-corrected chi connectivity index (χ4v) is 2.51. The zero-order chi connectivity index (χ0) is 13.9. The van der Waals surface area contributed by atoms with Crippen LogP contribution in [0.4, 0.5) is 0 Å². The zero-order valence-corrected chi connectivity index (χ0v) is 10.8. The number of carboxylic acid groups (broad SMARTS) is 1. The maximum atomic E-state index is 12.3. The summed E-state index contributed by atoms with van der Waals surface area (Å²) in [5, 5.41) is 11.1. The van der Waals surface area contributed by atoms with Crippen LogP contribution in [0.2, 0.25) is 0 Å². The summed E-state index contributed by atoms with van der Waals surface area (Å²) in [7, 11) is 1.57. The highest BCUT2D eigenvalue weighted by atomic mass is 16.5. The number of carboxylic acids is 1. The topological polar surface area (TPSA) is 75.6 Å². The number of hydrogen-bond donors (Lipinski definition) is 2. The normalized spacial score (nSPS) is 16.3. The van der Waals surface area contributed by atoms with Gasteiger partial charge in [0, 0.05) is 5.56 Å². The molecule has 0 unspecified atom stereocenters. The van der Waals surface area contributed by atoms with Crippen molar-refractivity contribution in [2.75, 3.05) is 13.7 Å². The highest BCUT2D eigenvalue weighted by molar-refractivity contribution is 5.92. The number of benzene rings is 1. The van der Waals surface area contributed by atoms with Crippen molar-refractivity contribution in [3.63, 3.8) is 0 Å². The minimum Gasteiger partial charge on any atom is -0.496 e. The highest BCUT2D eigenvalue weighted by Gasteiger charge is 2.47. The Morgan fingerprint density at radius 2 is 2.05 bits per heavy atom. The molecule has 0 aromatic heterocycles. The SMILES string of the molecule is COc1ccccc1C1(C(=O)NCC(=O)O)CCC1. The van der Waals surface area contributed by atoms with E-state index in [4.69, 9.17) is 9.84 Å². The number of hydrogen-bond acceptors (Lipinski definition) is 3. The van der Waals surface area contributed by atoms with Crippen molar-refractivity contribution in [3.05, 3.63) is 29.8 Å². The van der Waals surface area contributed by atoms with Crippen LogP contribution in [-0.4, -0.2) is 30.6 Å². The van der Waals surface area contributed by atoms with Gasteiger partial charge in [0.25, 0.3) is 0 Å². The average Bonchev–Trinajstić information content (AvgIpc) is 2.35. The van der Waals surface area contributed by atoms with E-state index in [1.807, 2.05) is 24.3 Å². The Hall–Kier alpha value is -2.04. The number of rotatable bonds is 5. The average molecular weight is 263 g/mol. The third-order valence-electron chi connectivity index (χ3n) is 3.66. The lowest BCUT2D eigenvalue weighted by Crippen LogP contribution is -2.50. The molecule has 1 amide bonds. The molecule has 0 radical (unpaired) electrons. The van der Waals surface area contributed by atoms with Gasteiger partial charge in [-0.3, -0.25) is 9.59 Å². The fourth-order valence-electron chi connectivity index (χ4n) is 2.51. The summed E-state index contributed by atoms with van der Waals surface area (Å²) in [4.78, 5) is 22.8. The van der Waals surface area contributed by atoms with Gasteiger partial charge in [0.05, 0.1) is 12.5 Å². The maximum absolute atomic E-state index is 12.3. The minimum absolute atomic E-state index is 0.231. The van der Waals surface area contributed by atoms with Crippen molar-refractivity contribution in [3.8, 4) is 5.75 Å². The quantitative estimate of drug-likeness (QED) is 0.840. The monoisotopic (exact) mass is 263 g/mol. The maximum Gasteiger partial charge on any atom is 0.322 e. The van der Waals surface area contributed by atoms with E-state index in [0.29, 0.717) is 5.75 Å². The molecule has 1 aliphatic carbocycles. The second kappa shape index (κ2) is 5.30. The van der Waals surface area contributed by atoms with E-state index in [-0.39, 0.29) is 12.5 Å². The predicted octanol–water partition coefficient (Wildman–Crippen LogP) is 1.32. The summed E-state index contributed by atoms with van der Waals surface area (Å²) in [5.74, 6) is -0.596. The van der Waals surface area contributed by atoms with Gasteiger partial charge in [0.2, 0.25) is 5.91 Å². The van der Waals surface area contributed by atoms with E-state index in [2.05, 4.69) is 5.32 Å². The number of carbonyl (C=O) groups excluding carboxylic acids is 1. The number of methoxy groups -OCH3 is 1. The number of ether oxygens (including phenoxy) is 1. The van der Waals surface area contributed by atoms with Crippen LogP contribution in [0.3, 0.4) is 0 Å². The molecule has 0 bridgehead atoms. The van der Waals surface area contributed by atoms with E-state index in [1.165, 1.54) is 0 Å². The van der Waals surface area contributed by atoms with Crippen molar-refractivity contribution in [2.24, 2.45) is 0 Å². The van der Waals surface area contributed by atoms with E-state index < -0.39 is 11.4 Å². The second-order valence-corrected chi connectivity index (χ2v) is 4.71. The number of amides is 1. The van der Waals surface area contributed by atoms with E-state index in [9.17, 15) is 9.59 Å². The third kappa shape index (κ3) is 2.41. The Kier molecular flexibility index (Phi) is 3.74. The Morgan fingerprint density at radius 3 is 2.58 bits per heavy atom. The number of nitrogens with one attached hydrogen (secondary N) is 1. The highest BCUT2D eigenvalue weighted by Crippen LogP contribution is 2.47. The first-order chi connectivity index (χ1) is 9.10. The fraction of sp³-hybridized carbons (Fsp3) is 0.429. The second-order valence-electron chi connectivity index (χ2n) is 4.71. The van der Waals surface area contributed by atoms with Crippen LogP contribution in [0.15, 0.2) is 24.3 Å². The predicted molar refractivity (Wildman–Crippen MR) is 69.2 cm³/mol. The molecule has 5 nitrogen and oxygen atoms in total. The number of carbonyl (C=O) groups is 2. The smallest absolute Gasteiger partial charge is 0.322 e. The molecule has 19 heavy (non-hydrogen) atoms. The van der Waals surface area contributed by atoms with Gasteiger partial charge < -0.3 is 15.2 Å². The van der Waals surface area contributed by atoms with Crippen molar-refractivity contribution >= 4 is 11.9 Å². The van der Waals surface area contributed by atoms with Crippen LogP contribution in [-0.2, 0) is 15.0 Å². The largest absolute Gasteiger partial charge is 0.496 e. The third-order valence-corrected chi connectivity index (χ3v) is 3.66. The van der Waals surface area contributed by atoms with Crippen molar-refractivity contribution in [1.29, 1.82) is 0 Å². The van der Waals surface area contributed by atoms with Gasteiger partial charge >= 0.3 is 5.97 Å². The van der Waals surface area contributed by atoms with Crippen molar-refractivity contribution < 1.29 is 19.4 Å². The lowest BCUT2D eigenvalue weighted by Gasteiger charge is -2.41. The van der Waals surface area contributed by atoms with Gasteiger partial charge in [-0.05, 0) is 18.9 Å². The van der Waals surface area contributed by atoms with Gasteiger partial charge in [0.15, 0.2) is 0 Å². The molecule has 0 atom stereocenters. The first-order valence-electron chi connectivity index (χ1n) is 6.24. The molecular formula is C14H17NO4. The number of para-hydroxylation sites is 1. The van der Waals surface area contributed by atoms with Crippen LogP contribution < -0.4 is 10.1 Å². The van der Waals surface area contributed by atoms with Crippen molar-refractivity contribution in [2.45, 2.75) is 24.7 Å². The first-order valence-corrected chi connectivity index (χ1v) is 6.24. The van der Waals surface area contributed by atoms with Gasteiger partial charge in [-0.15, -0.1) is 0 Å². The van der Waals surface area contributed by atoms with Crippen LogP contribution in [0.1, 0.15) is 24.8 Å². The summed E-state index contributed by atoms with van der Waals surface area (Å²) < 4.78 is 5.31. The molecule has 0 saturated heterocycles. The van der Waals surface area contributed by atoms with Crippen LogP contribution in [0, 0.1) is 0 Å². The molecule has 5 heteroatoms. The standard InChI is InChI=1S/C14H17NO4/c1-19-11-6-3-2-5-10(11)14(7-4-8-14)13(18)15-9-12(16)17/h2-3,5-6H,4,7-9H2,1H3,(H,15,18)(H,16,17). The van der Waals surface area contributed by atoms with Crippen LogP contribution in [0.25, 0.3) is 0 Å². The summed E-state index contributed by atoms with van der Waals surface area (Å²) >= 11 is 0. The molecule has 2 rings (SSSR count). The molecule has 1 fully saturated rings. The minimum atomic E-state index is -1.04. The van der Waals surface area contributed by atoms with Gasteiger partial charge in [-0.25, -0.2) is 0 Å². The molecule has 0 aliphatic heterocycles. The van der Waals surface area contributed by atoms with E-state index in [1.54, 1.807) is 7.11 Å². The number of aliphatic carboxylic acids is 1. The van der Waals surface area contributed by atoms with E-state index >= 15 is 0 Å². The zero-order valence-electron chi connectivity index (χ0n) is 10.8. The lowest BCUT2D eigenvalue weighted by molar-refractivity contribution is -0.139. The Morgan fingerprint density at radius 1 is 1.37 bits per heavy atom.